The lowest BCUT2D eigenvalue weighted by Crippen LogP contribution is -2.02. The van der Waals surface area contributed by atoms with E-state index in [1.165, 1.54) is 0 Å². The summed E-state index contributed by atoms with van der Waals surface area (Å²) in [7, 11) is 0. The van der Waals surface area contributed by atoms with Crippen LogP contribution in [-0.2, 0) is 0 Å². The van der Waals surface area contributed by atoms with E-state index in [1.54, 1.807) is 0 Å². The zero-order valence-electron chi connectivity index (χ0n) is 11.8. The predicted molar refractivity (Wildman–Crippen MR) is 84.2 cm³/mol. The van der Waals surface area contributed by atoms with Gasteiger partial charge in [-0.3, -0.25) is 0 Å². The SMILES string of the molecule is Cc1nn2c(C3C=CC=C3)ccnc2c1-c1ccccc1. The van der Waals surface area contributed by atoms with Crippen LogP contribution in [0.3, 0.4) is 0 Å². The number of allylic oxidation sites excluding steroid dienone is 4. The summed E-state index contributed by atoms with van der Waals surface area (Å²) < 4.78 is 1.97. The van der Waals surface area contributed by atoms with Gasteiger partial charge in [-0.1, -0.05) is 54.6 Å². The molecule has 4 rings (SSSR count). The van der Waals surface area contributed by atoms with Crippen molar-refractivity contribution in [3.05, 3.63) is 78.3 Å². The Balaban J connectivity index is 1.98. The van der Waals surface area contributed by atoms with Gasteiger partial charge in [-0.2, -0.15) is 5.10 Å². The van der Waals surface area contributed by atoms with Gasteiger partial charge in [0, 0.05) is 17.7 Å². The van der Waals surface area contributed by atoms with Gasteiger partial charge >= 0.3 is 0 Å². The van der Waals surface area contributed by atoms with Gasteiger partial charge in [0.15, 0.2) is 5.65 Å². The zero-order chi connectivity index (χ0) is 14.2. The first-order chi connectivity index (χ1) is 10.3. The fourth-order valence-electron chi connectivity index (χ4n) is 2.89. The average molecular weight is 273 g/mol. The molecule has 0 atom stereocenters. The molecule has 3 nitrogen and oxygen atoms in total. The summed E-state index contributed by atoms with van der Waals surface area (Å²) in [5, 5.41) is 4.72. The molecule has 0 radical (unpaired) electrons. The van der Waals surface area contributed by atoms with E-state index in [2.05, 4.69) is 41.4 Å². The van der Waals surface area contributed by atoms with Crippen LogP contribution < -0.4 is 0 Å². The lowest BCUT2D eigenvalue weighted by molar-refractivity contribution is 0.825. The molecule has 3 aromatic rings. The van der Waals surface area contributed by atoms with Gasteiger partial charge in [0.1, 0.15) is 0 Å². The average Bonchev–Trinajstić information content (AvgIpc) is 3.14. The van der Waals surface area contributed by atoms with E-state index in [-0.39, 0.29) is 5.92 Å². The third-order valence-electron chi connectivity index (χ3n) is 3.87. The number of hydrogen-bond acceptors (Lipinski definition) is 2. The van der Waals surface area contributed by atoms with Gasteiger partial charge in [0.2, 0.25) is 0 Å². The molecule has 0 unspecified atom stereocenters. The summed E-state index contributed by atoms with van der Waals surface area (Å²) in [6.07, 6.45) is 10.4. The second kappa shape index (κ2) is 4.70. The minimum atomic E-state index is 0.276. The summed E-state index contributed by atoms with van der Waals surface area (Å²) in [6.45, 7) is 2.04. The molecule has 3 heteroatoms. The maximum Gasteiger partial charge on any atom is 0.163 e. The monoisotopic (exact) mass is 273 g/mol. The van der Waals surface area contributed by atoms with Crippen LogP contribution in [0, 0.1) is 6.92 Å². The number of aryl methyl sites for hydroxylation is 1. The van der Waals surface area contributed by atoms with E-state index < -0.39 is 0 Å². The molecule has 0 saturated heterocycles. The van der Waals surface area contributed by atoms with Crippen LogP contribution >= 0.6 is 0 Å². The number of aromatic nitrogens is 3. The van der Waals surface area contributed by atoms with E-state index in [9.17, 15) is 0 Å². The van der Waals surface area contributed by atoms with Crippen LogP contribution in [0.25, 0.3) is 16.8 Å². The zero-order valence-corrected chi connectivity index (χ0v) is 11.8. The fourth-order valence-corrected chi connectivity index (χ4v) is 2.89. The molecule has 0 fully saturated rings. The molecule has 0 amide bonds. The number of hydrogen-bond donors (Lipinski definition) is 0. The van der Waals surface area contributed by atoms with Crippen molar-refractivity contribution >= 4 is 5.65 Å². The van der Waals surface area contributed by atoms with Crippen molar-refractivity contribution in [1.82, 2.24) is 14.6 Å². The lowest BCUT2D eigenvalue weighted by Gasteiger charge is -2.08. The highest BCUT2D eigenvalue weighted by Gasteiger charge is 2.17. The molecular weight excluding hydrogens is 258 g/mol. The molecule has 0 N–H and O–H groups in total. The molecule has 0 bridgehead atoms. The Morgan fingerprint density at radius 2 is 1.76 bits per heavy atom. The van der Waals surface area contributed by atoms with Gasteiger partial charge in [0.25, 0.3) is 0 Å². The standard InChI is InChI=1S/C18H15N3/c1-13-17(15-9-3-2-4-10-15)18-19-12-11-16(21(18)20-13)14-7-5-6-8-14/h2-12,14H,1H3. The van der Waals surface area contributed by atoms with Crippen molar-refractivity contribution in [2.24, 2.45) is 0 Å². The maximum absolute atomic E-state index is 4.72. The summed E-state index contributed by atoms with van der Waals surface area (Å²) in [5.74, 6) is 0.276. The molecule has 1 aliphatic rings. The van der Waals surface area contributed by atoms with E-state index in [1.807, 2.05) is 41.9 Å². The van der Waals surface area contributed by atoms with Gasteiger partial charge in [-0.05, 0) is 18.6 Å². The molecular formula is C18H15N3. The highest BCUT2D eigenvalue weighted by atomic mass is 15.3. The van der Waals surface area contributed by atoms with Gasteiger partial charge in [-0.15, -0.1) is 0 Å². The Morgan fingerprint density at radius 1 is 1.00 bits per heavy atom. The molecule has 1 aromatic carbocycles. The number of benzene rings is 1. The summed E-state index contributed by atoms with van der Waals surface area (Å²) in [6, 6.07) is 12.4. The molecule has 0 spiro atoms. The van der Waals surface area contributed by atoms with Crippen LogP contribution in [0.2, 0.25) is 0 Å². The van der Waals surface area contributed by atoms with Gasteiger partial charge in [-0.25, -0.2) is 9.50 Å². The molecule has 102 valence electrons. The van der Waals surface area contributed by atoms with Crippen LogP contribution in [0.15, 0.2) is 66.9 Å². The molecule has 21 heavy (non-hydrogen) atoms. The van der Waals surface area contributed by atoms with Crippen LogP contribution in [0.1, 0.15) is 17.3 Å². The minimum Gasteiger partial charge on any atom is -0.236 e. The normalized spacial score (nSPS) is 14.3. The van der Waals surface area contributed by atoms with E-state index in [0.29, 0.717) is 0 Å². The topological polar surface area (TPSA) is 30.2 Å². The Bertz CT molecular complexity index is 845. The number of rotatable bonds is 2. The van der Waals surface area contributed by atoms with Crippen molar-refractivity contribution in [2.75, 3.05) is 0 Å². The van der Waals surface area contributed by atoms with E-state index in [4.69, 9.17) is 5.10 Å². The molecule has 0 aliphatic heterocycles. The van der Waals surface area contributed by atoms with Crippen molar-refractivity contribution < 1.29 is 0 Å². The van der Waals surface area contributed by atoms with Crippen LogP contribution in [0.4, 0.5) is 0 Å². The lowest BCUT2D eigenvalue weighted by atomic mass is 10.1. The van der Waals surface area contributed by atoms with Crippen molar-refractivity contribution in [1.29, 1.82) is 0 Å². The molecule has 1 aliphatic carbocycles. The first kappa shape index (κ1) is 12.1. The Kier molecular flexibility index (Phi) is 2.71. The minimum absolute atomic E-state index is 0.276. The third kappa shape index (κ3) is 1.89. The van der Waals surface area contributed by atoms with Crippen molar-refractivity contribution in [2.45, 2.75) is 12.8 Å². The highest BCUT2D eigenvalue weighted by Crippen LogP contribution is 2.30. The maximum atomic E-state index is 4.72. The third-order valence-corrected chi connectivity index (χ3v) is 3.87. The first-order valence-corrected chi connectivity index (χ1v) is 7.09. The second-order valence-electron chi connectivity index (χ2n) is 5.23. The van der Waals surface area contributed by atoms with E-state index in [0.717, 1.165) is 28.2 Å². The highest BCUT2D eigenvalue weighted by molar-refractivity contribution is 5.79. The van der Waals surface area contributed by atoms with Gasteiger partial charge < -0.3 is 0 Å². The summed E-state index contributed by atoms with van der Waals surface area (Å²) >= 11 is 0. The summed E-state index contributed by atoms with van der Waals surface area (Å²) in [5.41, 5.74) is 5.35. The largest absolute Gasteiger partial charge is 0.236 e. The van der Waals surface area contributed by atoms with Gasteiger partial charge in [0.05, 0.1) is 11.4 Å². The van der Waals surface area contributed by atoms with Crippen molar-refractivity contribution in [3.63, 3.8) is 0 Å². The van der Waals surface area contributed by atoms with Crippen molar-refractivity contribution in [3.8, 4) is 11.1 Å². The number of fused-ring (bicyclic) bond motifs is 1. The summed E-state index contributed by atoms with van der Waals surface area (Å²) in [4.78, 5) is 4.56. The Labute approximate surface area is 123 Å². The number of nitrogens with zero attached hydrogens (tertiary/aromatic N) is 3. The first-order valence-electron chi connectivity index (χ1n) is 7.09. The predicted octanol–water partition coefficient (Wildman–Crippen LogP) is 3.91. The second-order valence-corrected chi connectivity index (χ2v) is 5.23. The molecule has 2 heterocycles. The molecule has 2 aromatic heterocycles. The molecule has 0 saturated carbocycles. The van der Waals surface area contributed by atoms with E-state index >= 15 is 0 Å². The smallest absolute Gasteiger partial charge is 0.163 e. The fraction of sp³-hybridized carbons (Fsp3) is 0.111. The Hall–Kier alpha value is -2.68. The van der Waals surface area contributed by atoms with Crippen LogP contribution in [-0.4, -0.2) is 14.6 Å². The van der Waals surface area contributed by atoms with Crippen LogP contribution in [0.5, 0.6) is 0 Å². The quantitative estimate of drug-likeness (QED) is 0.708. The Morgan fingerprint density at radius 3 is 2.52 bits per heavy atom.